The standard InChI is InChI=1S/C18H14N6O2/c19-10-24-5-4-18(9-24)17(25)22-15-6-11(7-20-16(15)26-18)12-2-1-3-14-13(12)8-21-23-14/h1-3,6-8H,4-5,9H2,(H,21,23)(H,22,25)/t18-/m0/s1. The van der Waals surface area contributed by atoms with Gasteiger partial charge in [-0.25, -0.2) is 4.98 Å². The molecule has 1 spiro atoms. The number of anilines is 1. The molecule has 0 bridgehead atoms. The van der Waals surface area contributed by atoms with Gasteiger partial charge in [0.05, 0.1) is 18.3 Å². The molecule has 2 aromatic heterocycles. The maximum atomic E-state index is 12.6. The molecule has 8 nitrogen and oxygen atoms in total. The number of benzene rings is 1. The molecular weight excluding hydrogens is 332 g/mol. The van der Waals surface area contributed by atoms with Gasteiger partial charge in [-0.05, 0) is 17.7 Å². The first-order valence-electron chi connectivity index (χ1n) is 8.26. The number of nitriles is 1. The Hall–Kier alpha value is -3.60. The van der Waals surface area contributed by atoms with Crippen LogP contribution in [-0.4, -0.2) is 44.7 Å². The maximum Gasteiger partial charge on any atom is 0.270 e. The van der Waals surface area contributed by atoms with Gasteiger partial charge >= 0.3 is 0 Å². The molecule has 1 aromatic carbocycles. The summed E-state index contributed by atoms with van der Waals surface area (Å²) in [5, 5.41) is 20.0. The lowest BCUT2D eigenvalue weighted by Gasteiger charge is -2.33. The number of aromatic amines is 1. The van der Waals surface area contributed by atoms with Gasteiger partial charge in [-0.15, -0.1) is 0 Å². The van der Waals surface area contributed by atoms with Gasteiger partial charge in [-0.3, -0.25) is 9.89 Å². The molecule has 2 N–H and O–H groups in total. The number of hydrogen-bond donors (Lipinski definition) is 2. The summed E-state index contributed by atoms with van der Waals surface area (Å²) in [6.45, 7) is 0.742. The summed E-state index contributed by atoms with van der Waals surface area (Å²) in [7, 11) is 0. The first kappa shape index (κ1) is 14.7. The lowest BCUT2D eigenvalue weighted by molar-refractivity contribution is -0.131. The topological polar surface area (TPSA) is 107 Å². The van der Waals surface area contributed by atoms with Crippen molar-refractivity contribution in [2.24, 2.45) is 0 Å². The van der Waals surface area contributed by atoms with Gasteiger partial charge in [-0.2, -0.15) is 10.4 Å². The highest BCUT2D eigenvalue weighted by molar-refractivity contribution is 6.02. The quantitative estimate of drug-likeness (QED) is 0.652. The molecule has 4 heterocycles. The van der Waals surface area contributed by atoms with Crippen LogP contribution in [0.25, 0.3) is 22.0 Å². The zero-order valence-electron chi connectivity index (χ0n) is 13.7. The van der Waals surface area contributed by atoms with E-state index in [9.17, 15) is 4.79 Å². The molecule has 2 aliphatic heterocycles. The molecule has 3 aromatic rings. The molecule has 0 unspecified atom stereocenters. The van der Waals surface area contributed by atoms with E-state index < -0.39 is 5.60 Å². The lowest BCUT2D eigenvalue weighted by Crippen LogP contribution is -2.52. The summed E-state index contributed by atoms with van der Waals surface area (Å²) >= 11 is 0. The Kier molecular flexibility index (Phi) is 2.94. The van der Waals surface area contributed by atoms with Crippen molar-refractivity contribution in [1.29, 1.82) is 5.26 Å². The molecule has 128 valence electrons. The van der Waals surface area contributed by atoms with Crippen molar-refractivity contribution in [3.05, 3.63) is 36.7 Å². The number of likely N-dealkylation sites (tertiary alicyclic amines) is 1. The zero-order valence-corrected chi connectivity index (χ0v) is 13.7. The summed E-state index contributed by atoms with van der Waals surface area (Å²) < 4.78 is 5.95. The highest BCUT2D eigenvalue weighted by Crippen LogP contribution is 2.39. The number of H-pyrrole nitrogens is 1. The first-order chi connectivity index (χ1) is 12.7. The zero-order chi connectivity index (χ0) is 17.7. The average molecular weight is 346 g/mol. The predicted molar refractivity (Wildman–Crippen MR) is 93.1 cm³/mol. The molecule has 1 saturated heterocycles. The Bertz CT molecular complexity index is 1080. The first-order valence-corrected chi connectivity index (χ1v) is 8.26. The number of carbonyl (C=O) groups excluding carboxylic acids is 1. The number of rotatable bonds is 1. The van der Waals surface area contributed by atoms with Crippen molar-refractivity contribution in [2.45, 2.75) is 12.0 Å². The van der Waals surface area contributed by atoms with E-state index in [1.54, 1.807) is 12.4 Å². The van der Waals surface area contributed by atoms with Crippen LogP contribution in [0.1, 0.15) is 6.42 Å². The number of fused-ring (bicyclic) bond motifs is 2. The number of amides is 1. The fourth-order valence-corrected chi connectivity index (χ4v) is 3.59. The Balaban J connectivity index is 1.54. The van der Waals surface area contributed by atoms with Crippen LogP contribution in [0.3, 0.4) is 0 Å². The second-order valence-electron chi connectivity index (χ2n) is 6.54. The van der Waals surface area contributed by atoms with Crippen molar-refractivity contribution >= 4 is 22.5 Å². The summed E-state index contributed by atoms with van der Waals surface area (Å²) in [4.78, 5) is 18.6. The molecular formula is C18H14N6O2. The minimum Gasteiger partial charge on any atom is -0.457 e. The molecule has 2 aliphatic rings. The minimum atomic E-state index is -1.04. The molecule has 26 heavy (non-hydrogen) atoms. The smallest absolute Gasteiger partial charge is 0.270 e. The predicted octanol–water partition coefficient (Wildman–Crippen LogP) is 1.88. The van der Waals surface area contributed by atoms with E-state index in [1.165, 1.54) is 4.90 Å². The SMILES string of the molecule is N#CN1CC[C@@]2(C1)Oc1ncc(-c3cccc4[nH]ncc34)cc1NC2=O. The number of aromatic nitrogens is 3. The van der Waals surface area contributed by atoms with E-state index in [0.29, 0.717) is 24.5 Å². The van der Waals surface area contributed by atoms with Gasteiger partial charge in [0.1, 0.15) is 5.69 Å². The number of nitrogens with one attached hydrogen (secondary N) is 2. The summed E-state index contributed by atoms with van der Waals surface area (Å²) in [5.41, 5.74) is 2.26. The number of ether oxygens (including phenoxy) is 1. The molecule has 1 atom stereocenters. The maximum absolute atomic E-state index is 12.6. The molecule has 1 amide bonds. The van der Waals surface area contributed by atoms with Crippen LogP contribution in [0.2, 0.25) is 0 Å². The van der Waals surface area contributed by atoms with E-state index in [2.05, 4.69) is 26.7 Å². The van der Waals surface area contributed by atoms with Gasteiger partial charge in [0, 0.05) is 30.1 Å². The van der Waals surface area contributed by atoms with Crippen molar-refractivity contribution < 1.29 is 9.53 Å². The number of hydrogen-bond acceptors (Lipinski definition) is 6. The monoisotopic (exact) mass is 346 g/mol. The Morgan fingerprint density at radius 2 is 2.27 bits per heavy atom. The van der Waals surface area contributed by atoms with Crippen LogP contribution < -0.4 is 10.1 Å². The number of carbonyl (C=O) groups is 1. The third-order valence-electron chi connectivity index (χ3n) is 4.97. The van der Waals surface area contributed by atoms with E-state index in [1.807, 2.05) is 24.3 Å². The van der Waals surface area contributed by atoms with E-state index in [4.69, 9.17) is 10.00 Å². The molecule has 1 fully saturated rings. The summed E-state index contributed by atoms with van der Waals surface area (Å²) in [5.74, 6) is 0.149. The van der Waals surface area contributed by atoms with E-state index in [0.717, 1.165) is 22.0 Å². The van der Waals surface area contributed by atoms with Crippen LogP contribution in [0.5, 0.6) is 5.88 Å². The van der Waals surface area contributed by atoms with Gasteiger partial charge < -0.3 is 15.0 Å². The minimum absolute atomic E-state index is 0.233. The highest BCUT2D eigenvalue weighted by Gasteiger charge is 2.50. The van der Waals surface area contributed by atoms with Gasteiger partial charge in [-0.1, -0.05) is 12.1 Å². The normalized spacial score (nSPS) is 21.3. The molecule has 0 aliphatic carbocycles. The second kappa shape index (κ2) is 5.20. The molecule has 0 saturated carbocycles. The molecule has 0 radical (unpaired) electrons. The van der Waals surface area contributed by atoms with E-state index >= 15 is 0 Å². The number of pyridine rings is 1. The fourth-order valence-electron chi connectivity index (χ4n) is 3.59. The van der Waals surface area contributed by atoms with Crippen molar-refractivity contribution in [1.82, 2.24) is 20.1 Å². The molecule has 8 heteroatoms. The largest absolute Gasteiger partial charge is 0.457 e. The third kappa shape index (κ3) is 2.04. The van der Waals surface area contributed by atoms with Crippen molar-refractivity contribution in [2.75, 3.05) is 18.4 Å². The third-order valence-corrected chi connectivity index (χ3v) is 4.97. The van der Waals surface area contributed by atoms with Crippen molar-refractivity contribution in [3.63, 3.8) is 0 Å². The van der Waals surface area contributed by atoms with Crippen LogP contribution in [0, 0.1) is 11.5 Å². The summed E-state index contributed by atoms with van der Waals surface area (Å²) in [6.07, 6.45) is 6.02. The van der Waals surface area contributed by atoms with Crippen molar-refractivity contribution in [3.8, 4) is 23.2 Å². The van der Waals surface area contributed by atoms with Gasteiger partial charge in [0.25, 0.3) is 5.91 Å². The number of nitrogens with zero attached hydrogens (tertiary/aromatic N) is 4. The van der Waals surface area contributed by atoms with Crippen LogP contribution in [0.15, 0.2) is 36.7 Å². The molecule has 5 rings (SSSR count). The van der Waals surface area contributed by atoms with Gasteiger partial charge in [0.15, 0.2) is 6.19 Å². The Morgan fingerprint density at radius 1 is 1.35 bits per heavy atom. The Morgan fingerprint density at radius 3 is 3.12 bits per heavy atom. The fraction of sp³-hybridized carbons (Fsp3) is 0.222. The Labute approximate surface area is 148 Å². The van der Waals surface area contributed by atoms with Crippen LogP contribution in [0.4, 0.5) is 5.69 Å². The lowest BCUT2D eigenvalue weighted by atomic mass is 9.99. The van der Waals surface area contributed by atoms with Gasteiger partial charge in [0.2, 0.25) is 11.5 Å². The van der Waals surface area contributed by atoms with Crippen LogP contribution >= 0.6 is 0 Å². The van der Waals surface area contributed by atoms with Crippen LogP contribution in [-0.2, 0) is 4.79 Å². The van der Waals surface area contributed by atoms with E-state index in [-0.39, 0.29) is 12.5 Å². The summed E-state index contributed by atoms with van der Waals surface area (Å²) in [6, 6.07) is 7.73. The highest BCUT2D eigenvalue weighted by atomic mass is 16.5. The second-order valence-corrected chi connectivity index (χ2v) is 6.54. The average Bonchev–Trinajstić information content (AvgIpc) is 3.29.